The van der Waals surface area contributed by atoms with E-state index in [-0.39, 0.29) is 4.90 Å². The summed E-state index contributed by atoms with van der Waals surface area (Å²) in [5, 5.41) is 4.36. The Morgan fingerprint density at radius 3 is 2.36 bits per heavy atom. The van der Waals surface area contributed by atoms with Crippen molar-refractivity contribution in [3.05, 3.63) is 66.7 Å². The number of benzene rings is 3. The molecule has 0 fully saturated rings. The van der Waals surface area contributed by atoms with E-state index in [0.717, 1.165) is 27.0 Å². The summed E-state index contributed by atoms with van der Waals surface area (Å²) in [6.07, 6.45) is 0.634. The molecule has 9 heteroatoms. The van der Waals surface area contributed by atoms with Crippen LogP contribution in [0.3, 0.4) is 0 Å². The second-order valence-corrected chi connectivity index (χ2v) is 9.87. The van der Waals surface area contributed by atoms with E-state index in [4.69, 9.17) is 9.47 Å². The van der Waals surface area contributed by atoms with Crippen LogP contribution in [0.25, 0.3) is 21.2 Å². The van der Waals surface area contributed by atoms with E-state index in [1.54, 1.807) is 38.5 Å². The molecule has 0 saturated heterocycles. The van der Waals surface area contributed by atoms with Gasteiger partial charge in [0.15, 0.2) is 11.5 Å². The van der Waals surface area contributed by atoms with E-state index in [2.05, 4.69) is 14.4 Å². The summed E-state index contributed by atoms with van der Waals surface area (Å²) in [4.78, 5) is 0.227. The average molecular weight is 484 g/mol. The zero-order valence-corrected chi connectivity index (χ0v) is 20.0. The van der Waals surface area contributed by atoms with Gasteiger partial charge in [-0.15, -0.1) is 0 Å². The number of aromatic nitrogens is 1. The summed E-state index contributed by atoms with van der Waals surface area (Å²) in [6, 6.07) is 20.4. The normalized spacial score (nSPS) is 11.5. The first-order valence-corrected chi connectivity index (χ1v) is 12.7. The molecule has 0 unspecified atom stereocenters. The van der Waals surface area contributed by atoms with Crippen LogP contribution in [-0.2, 0) is 10.0 Å². The van der Waals surface area contributed by atoms with Gasteiger partial charge in [0, 0.05) is 18.5 Å². The van der Waals surface area contributed by atoms with Gasteiger partial charge in [-0.25, -0.2) is 13.1 Å². The molecule has 4 aromatic rings. The fourth-order valence-electron chi connectivity index (χ4n) is 3.44. The Bertz CT molecular complexity index is 1340. The quantitative estimate of drug-likeness (QED) is 0.316. The Balaban J connectivity index is 1.33. The second-order valence-electron chi connectivity index (χ2n) is 7.30. The van der Waals surface area contributed by atoms with Crippen molar-refractivity contribution >= 4 is 37.5 Å². The summed E-state index contributed by atoms with van der Waals surface area (Å²) in [6.45, 7) is 0.948. The van der Waals surface area contributed by atoms with Crippen molar-refractivity contribution in [1.82, 2.24) is 9.10 Å². The predicted octanol–water partition coefficient (Wildman–Crippen LogP) is 4.76. The van der Waals surface area contributed by atoms with Gasteiger partial charge in [0.25, 0.3) is 0 Å². The van der Waals surface area contributed by atoms with Gasteiger partial charge in [-0.05, 0) is 65.5 Å². The summed E-state index contributed by atoms with van der Waals surface area (Å²) >= 11 is 1.45. The minimum atomic E-state index is -3.59. The number of anilines is 1. The number of hydrogen-bond donors (Lipinski definition) is 2. The number of nitrogens with zero attached hydrogens (tertiary/aromatic N) is 1. The van der Waals surface area contributed by atoms with Crippen LogP contribution in [0.4, 0.5) is 5.82 Å². The van der Waals surface area contributed by atoms with Gasteiger partial charge in [-0.2, -0.15) is 4.37 Å². The van der Waals surface area contributed by atoms with E-state index in [9.17, 15) is 8.42 Å². The Morgan fingerprint density at radius 2 is 1.61 bits per heavy atom. The zero-order valence-electron chi connectivity index (χ0n) is 18.4. The molecule has 1 heterocycles. The van der Waals surface area contributed by atoms with Crippen LogP contribution in [0.15, 0.2) is 71.6 Å². The van der Waals surface area contributed by atoms with E-state index >= 15 is 0 Å². The van der Waals surface area contributed by atoms with Gasteiger partial charge in [0.05, 0.1) is 23.8 Å². The monoisotopic (exact) mass is 483 g/mol. The molecule has 0 aliphatic heterocycles. The largest absolute Gasteiger partial charge is 0.493 e. The molecule has 0 aliphatic rings. The lowest BCUT2D eigenvalue weighted by molar-refractivity contribution is 0.355. The molecule has 0 radical (unpaired) electrons. The summed E-state index contributed by atoms with van der Waals surface area (Å²) in [7, 11) is -0.422. The van der Waals surface area contributed by atoms with E-state index < -0.39 is 10.0 Å². The van der Waals surface area contributed by atoms with Crippen LogP contribution in [-0.4, -0.2) is 40.1 Å². The van der Waals surface area contributed by atoms with Crippen molar-refractivity contribution in [1.29, 1.82) is 0 Å². The maximum absolute atomic E-state index is 12.7. The molecule has 0 saturated carbocycles. The maximum atomic E-state index is 12.7. The summed E-state index contributed by atoms with van der Waals surface area (Å²) in [5.41, 5.74) is 1.79. The Hall–Kier alpha value is -3.14. The van der Waals surface area contributed by atoms with Crippen molar-refractivity contribution < 1.29 is 17.9 Å². The van der Waals surface area contributed by atoms with Crippen LogP contribution in [0.5, 0.6) is 11.5 Å². The minimum absolute atomic E-state index is 0.227. The van der Waals surface area contributed by atoms with Crippen molar-refractivity contribution in [2.75, 3.05) is 32.6 Å². The Labute approximate surface area is 197 Å². The molecule has 0 atom stereocenters. The highest BCUT2D eigenvalue weighted by molar-refractivity contribution is 7.89. The molecule has 33 heavy (non-hydrogen) atoms. The van der Waals surface area contributed by atoms with Gasteiger partial charge >= 0.3 is 0 Å². The molecule has 3 aromatic carbocycles. The van der Waals surface area contributed by atoms with Crippen molar-refractivity contribution in [2.24, 2.45) is 0 Å². The Morgan fingerprint density at radius 1 is 0.879 bits per heavy atom. The predicted molar refractivity (Wildman–Crippen MR) is 133 cm³/mol. The minimum Gasteiger partial charge on any atom is -0.493 e. The summed E-state index contributed by atoms with van der Waals surface area (Å²) in [5.74, 6) is 2.10. The number of fused-ring (bicyclic) bond motifs is 1. The average Bonchev–Trinajstić information content (AvgIpc) is 3.26. The fraction of sp³-hybridized carbons (Fsp3) is 0.208. The molecule has 0 amide bonds. The molecule has 0 spiro atoms. The highest BCUT2D eigenvalue weighted by Gasteiger charge is 2.14. The number of methoxy groups -OCH3 is 2. The first-order valence-electron chi connectivity index (χ1n) is 10.4. The molecular weight excluding hydrogens is 458 g/mol. The molecular formula is C24H25N3O4S2. The highest BCUT2D eigenvalue weighted by atomic mass is 32.2. The molecule has 0 bridgehead atoms. The third-order valence-corrected chi connectivity index (χ3v) is 7.50. The van der Waals surface area contributed by atoms with Crippen LogP contribution in [0.2, 0.25) is 0 Å². The number of sulfonamides is 1. The molecule has 2 N–H and O–H groups in total. The first kappa shape index (κ1) is 23.0. The lowest BCUT2D eigenvalue weighted by atomic mass is 10.1. The third-order valence-electron chi connectivity index (χ3n) is 5.20. The topological polar surface area (TPSA) is 89.6 Å². The van der Waals surface area contributed by atoms with Crippen LogP contribution < -0.4 is 19.5 Å². The van der Waals surface area contributed by atoms with Crippen LogP contribution in [0, 0.1) is 0 Å². The number of hydrogen-bond acceptors (Lipinski definition) is 7. The number of rotatable bonds is 10. The Kier molecular flexibility index (Phi) is 7.12. The van der Waals surface area contributed by atoms with E-state index in [0.29, 0.717) is 31.0 Å². The van der Waals surface area contributed by atoms with Crippen LogP contribution >= 0.6 is 11.5 Å². The van der Waals surface area contributed by atoms with Crippen LogP contribution in [0.1, 0.15) is 6.42 Å². The third kappa shape index (κ3) is 5.27. The fourth-order valence-corrected chi connectivity index (χ4v) is 5.27. The summed E-state index contributed by atoms with van der Waals surface area (Å²) < 4.78 is 44.1. The maximum Gasteiger partial charge on any atom is 0.240 e. The van der Waals surface area contributed by atoms with Gasteiger partial charge in [0.2, 0.25) is 10.0 Å². The number of ether oxygens (including phenoxy) is 2. The lowest BCUT2D eigenvalue weighted by Gasteiger charge is -2.11. The SMILES string of the molecule is COc1ccc(-c2ccc(S(=O)(=O)NCCCNc3nsc4ccccc34)cc2)cc1OC. The van der Waals surface area contributed by atoms with Crippen molar-refractivity contribution in [3.8, 4) is 22.6 Å². The molecule has 7 nitrogen and oxygen atoms in total. The molecule has 0 aliphatic carbocycles. The van der Waals surface area contributed by atoms with E-state index in [1.807, 2.05) is 42.5 Å². The standard InChI is InChI=1S/C24H25N3O4S2/c1-30-21-13-10-18(16-22(21)31-2)17-8-11-19(12-9-17)33(28,29)26-15-5-14-25-24-20-6-3-4-7-23(20)32-27-24/h3-4,6-13,16,26H,5,14-15H2,1-2H3,(H,25,27). The van der Waals surface area contributed by atoms with Crippen molar-refractivity contribution in [2.45, 2.75) is 11.3 Å². The first-order chi connectivity index (χ1) is 16.0. The van der Waals surface area contributed by atoms with Gasteiger partial charge in [-0.3, -0.25) is 0 Å². The number of nitrogens with one attached hydrogen (secondary N) is 2. The zero-order chi connectivity index (χ0) is 23.3. The lowest BCUT2D eigenvalue weighted by Crippen LogP contribution is -2.26. The van der Waals surface area contributed by atoms with Gasteiger partial charge in [-0.1, -0.05) is 30.3 Å². The molecule has 4 rings (SSSR count). The molecule has 172 valence electrons. The van der Waals surface area contributed by atoms with Gasteiger partial charge < -0.3 is 14.8 Å². The smallest absolute Gasteiger partial charge is 0.240 e. The van der Waals surface area contributed by atoms with E-state index in [1.165, 1.54) is 11.5 Å². The van der Waals surface area contributed by atoms with Crippen molar-refractivity contribution in [3.63, 3.8) is 0 Å². The molecule has 1 aromatic heterocycles. The highest BCUT2D eigenvalue weighted by Crippen LogP contribution is 2.32. The second kappa shape index (κ2) is 10.2. The van der Waals surface area contributed by atoms with Gasteiger partial charge in [0.1, 0.15) is 5.82 Å².